The Hall–Kier alpha value is -2.51. The molecule has 0 spiro atoms. The van der Waals surface area contributed by atoms with Gasteiger partial charge in [0.1, 0.15) is 5.82 Å². The Morgan fingerprint density at radius 2 is 2.19 bits per heavy atom. The van der Waals surface area contributed by atoms with Gasteiger partial charge >= 0.3 is 0 Å². The van der Waals surface area contributed by atoms with E-state index in [9.17, 15) is 9.18 Å². The molecule has 0 N–H and O–H groups in total. The van der Waals surface area contributed by atoms with Gasteiger partial charge in [-0.25, -0.2) is 9.37 Å². The third-order valence-corrected chi connectivity index (χ3v) is 4.37. The van der Waals surface area contributed by atoms with Crippen LogP contribution in [0.5, 0.6) is 5.88 Å². The minimum atomic E-state index is -0.285. The van der Waals surface area contributed by atoms with Gasteiger partial charge in [0.15, 0.2) is 0 Å². The van der Waals surface area contributed by atoms with Crippen LogP contribution < -0.4 is 4.74 Å². The van der Waals surface area contributed by atoms with Gasteiger partial charge in [-0.2, -0.15) is 0 Å². The predicted molar refractivity (Wildman–Crippen MR) is 96.9 cm³/mol. The molecule has 6 nitrogen and oxygen atoms in total. The molecule has 0 saturated carbocycles. The molecule has 1 saturated heterocycles. The number of halogens is 1. The second-order valence-electron chi connectivity index (χ2n) is 6.32. The van der Waals surface area contributed by atoms with Crippen molar-refractivity contribution in [3.63, 3.8) is 0 Å². The standard InChI is InChI=1S/C20H23FN2O4/c1-25-19-7-6-15(11-22-19)10-20(24)23-8-9-27-17(12-23)14-26-13-16-4-2-3-5-18(16)21/h2-7,11,17H,8-10,12-14H2,1H3. The highest BCUT2D eigenvalue weighted by atomic mass is 19.1. The van der Waals surface area contributed by atoms with E-state index in [1.807, 2.05) is 6.07 Å². The first-order chi connectivity index (χ1) is 13.2. The topological polar surface area (TPSA) is 60.9 Å². The molecule has 1 amide bonds. The molecule has 1 aromatic heterocycles. The Bertz CT molecular complexity index is 754. The van der Waals surface area contributed by atoms with Crippen LogP contribution in [0.3, 0.4) is 0 Å². The van der Waals surface area contributed by atoms with Crippen molar-refractivity contribution in [3.8, 4) is 5.88 Å². The molecule has 7 heteroatoms. The van der Waals surface area contributed by atoms with Crippen molar-refractivity contribution >= 4 is 5.91 Å². The predicted octanol–water partition coefficient (Wildman–Crippen LogP) is 2.22. The van der Waals surface area contributed by atoms with Crippen molar-refractivity contribution in [2.75, 3.05) is 33.4 Å². The summed E-state index contributed by atoms with van der Waals surface area (Å²) in [5.41, 5.74) is 1.34. The van der Waals surface area contributed by atoms with Gasteiger partial charge < -0.3 is 19.1 Å². The molecule has 1 aliphatic heterocycles. The zero-order valence-corrected chi connectivity index (χ0v) is 15.3. The van der Waals surface area contributed by atoms with Crippen molar-refractivity contribution in [2.24, 2.45) is 0 Å². The summed E-state index contributed by atoms with van der Waals surface area (Å²) in [6, 6.07) is 10.1. The molecule has 0 aliphatic carbocycles. The number of hydrogen-bond donors (Lipinski definition) is 0. The molecule has 1 aliphatic rings. The number of nitrogens with zero attached hydrogens (tertiary/aromatic N) is 2. The molecule has 2 aromatic rings. The third kappa shape index (κ3) is 5.48. The van der Waals surface area contributed by atoms with Gasteiger partial charge in [0.05, 0.1) is 39.5 Å². The van der Waals surface area contributed by atoms with Gasteiger partial charge in [0, 0.05) is 30.9 Å². The Labute approximate surface area is 157 Å². The maximum Gasteiger partial charge on any atom is 0.227 e. The first-order valence-electron chi connectivity index (χ1n) is 8.85. The first kappa shape index (κ1) is 19.3. The maximum absolute atomic E-state index is 13.6. The van der Waals surface area contributed by atoms with E-state index in [2.05, 4.69) is 4.98 Å². The van der Waals surface area contributed by atoms with Gasteiger partial charge in [-0.1, -0.05) is 24.3 Å². The summed E-state index contributed by atoms with van der Waals surface area (Å²) >= 11 is 0. The lowest BCUT2D eigenvalue weighted by molar-refractivity contribution is -0.140. The fraction of sp³-hybridized carbons (Fsp3) is 0.400. The van der Waals surface area contributed by atoms with Crippen LogP contribution in [0.2, 0.25) is 0 Å². The number of carbonyl (C=O) groups excluding carboxylic acids is 1. The maximum atomic E-state index is 13.6. The number of methoxy groups -OCH3 is 1. The summed E-state index contributed by atoms with van der Waals surface area (Å²) < 4.78 is 29.9. The van der Waals surface area contributed by atoms with E-state index in [-0.39, 0.29) is 30.9 Å². The van der Waals surface area contributed by atoms with Crippen LogP contribution in [0.4, 0.5) is 4.39 Å². The number of benzene rings is 1. The van der Waals surface area contributed by atoms with Gasteiger partial charge in [-0.15, -0.1) is 0 Å². The summed E-state index contributed by atoms with van der Waals surface area (Å²) in [5.74, 6) is 0.251. The molecule has 3 rings (SSSR count). The Morgan fingerprint density at radius 1 is 1.33 bits per heavy atom. The average molecular weight is 374 g/mol. The summed E-state index contributed by atoms with van der Waals surface area (Å²) in [7, 11) is 1.55. The Balaban J connectivity index is 1.46. The van der Waals surface area contributed by atoms with Crippen molar-refractivity contribution in [2.45, 2.75) is 19.1 Å². The van der Waals surface area contributed by atoms with Crippen LogP contribution in [-0.4, -0.2) is 55.3 Å². The lowest BCUT2D eigenvalue weighted by atomic mass is 10.1. The van der Waals surface area contributed by atoms with Crippen LogP contribution in [0.25, 0.3) is 0 Å². The zero-order valence-electron chi connectivity index (χ0n) is 15.3. The molecule has 0 bridgehead atoms. The number of aromatic nitrogens is 1. The third-order valence-electron chi connectivity index (χ3n) is 4.37. The quantitative estimate of drug-likeness (QED) is 0.744. The average Bonchev–Trinajstić information content (AvgIpc) is 2.70. The summed E-state index contributed by atoms with van der Waals surface area (Å²) in [6.45, 7) is 1.95. The van der Waals surface area contributed by atoms with Gasteiger partial charge in [0.25, 0.3) is 0 Å². The first-order valence-corrected chi connectivity index (χ1v) is 8.85. The van der Waals surface area contributed by atoms with E-state index in [0.717, 1.165) is 5.56 Å². The van der Waals surface area contributed by atoms with Crippen LogP contribution in [0.1, 0.15) is 11.1 Å². The molecule has 1 unspecified atom stereocenters. The number of morpholine rings is 1. The van der Waals surface area contributed by atoms with Crippen molar-refractivity contribution in [1.29, 1.82) is 0 Å². The Kier molecular flexibility index (Phi) is 6.73. The molecule has 2 heterocycles. The highest BCUT2D eigenvalue weighted by Crippen LogP contribution is 2.13. The van der Waals surface area contributed by atoms with Crippen molar-refractivity contribution in [3.05, 3.63) is 59.5 Å². The zero-order chi connectivity index (χ0) is 19.1. The summed E-state index contributed by atoms with van der Waals surface area (Å²) in [5, 5.41) is 0. The number of carbonyl (C=O) groups is 1. The monoisotopic (exact) mass is 374 g/mol. The number of ether oxygens (including phenoxy) is 3. The largest absolute Gasteiger partial charge is 0.481 e. The number of amides is 1. The highest BCUT2D eigenvalue weighted by molar-refractivity contribution is 5.78. The van der Waals surface area contributed by atoms with E-state index in [0.29, 0.717) is 37.7 Å². The lowest BCUT2D eigenvalue weighted by Gasteiger charge is -2.33. The van der Waals surface area contributed by atoms with Gasteiger partial charge in [0.2, 0.25) is 11.8 Å². The SMILES string of the molecule is COc1ccc(CC(=O)N2CCOC(COCc3ccccc3F)C2)cn1. The van der Waals surface area contributed by atoms with Crippen LogP contribution in [0, 0.1) is 5.82 Å². The van der Waals surface area contributed by atoms with Crippen LogP contribution >= 0.6 is 0 Å². The van der Waals surface area contributed by atoms with E-state index in [4.69, 9.17) is 14.2 Å². The second-order valence-corrected chi connectivity index (χ2v) is 6.32. The van der Waals surface area contributed by atoms with E-state index in [1.54, 1.807) is 42.5 Å². The molecule has 1 aromatic carbocycles. The van der Waals surface area contributed by atoms with Crippen molar-refractivity contribution in [1.82, 2.24) is 9.88 Å². The fourth-order valence-electron chi connectivity index (χ4n) is 2.89. The molecule has 1 atom stereocenters. The van der Waals surface area contributed by atoms with Crippen LogP contribution in [-0.2, 0) is 27.3 Å². The fourth-order valence-corrected chi connectivity index (χ4v) is 2.89. The molecule has 144 valence electrons. The Morgan fingerprint density at radius 3 is 2.93 bits per heavy atom. The lowest BCUT2D eigenvalue weighted by Crippen LogP contribution is -2.47. The van der Waals surface area contributed by atoms with Gasteiger partial charge in [-0.05, 0) is 11.6 Å². The molecule has 27 heavy (non-hydrogen) atoms. The minimum Gasteiger partial charge on any atom is -0.481 e. The normalized spacial score (nSPS) is 17.0. The second kappa shape index (κ2) is 9.43. The summed E-state index contributed by atoms with van der Waals surface area (Å²) in [6.07, 6.45) is 1.70. The molecular weight excluding hydrogens is 351 g/mol. The molecule has 0 radical (unpaired) electrons. The number of pyridine rings is 1. The van der Waals surface area contributed by atoms with E-state index in [1.165, 1.54) is 6.07 Å². The van der Waals surface area contributed by atoms with E-state index < -0.39 is 0 Å². The number of rotatable bonds is 7. The highest BCUT2D eigenvalue weighted by Gasteiger charge is 2.24. The summed E-state index contributed by atoms with van der Waals surface area (Å²) in [4.78, 5) is 18.4. The van der Waals surface area contributed by atoms with Gasteiger partial charge in [-0.3, -0.25) is 4.79 Å². The minimum absolute atomic E-state index is 0.0179. The molecular formula is C20H23FN2O4. The van der Waals surface area contributed by atoms with E-state index >= 15 is 0 Å². The smallest absolute Gasteiger partial charge is 0.227 e. The number of hydrogen-bond acceptors (Lipinski definition) is 5. The molecule has 1 fully saturated rings. The van der Waals surface area contributed by atoms with Crippen molar-refractivity contribution < 1.29 is 23.4 Å². The van der Waals surface area contributed by atoms with Crippen LogP contribution in [0.15, 0.2) is 42.6 Å².